The molecule has 0 saturated carbocycles. The summed E-state index contributed by atoms with van der Waals surface area (Å²) in [6.45, 7) is 0. The SMILES string of the molecule is COc1ccc(/C=C2\N=C(c3ccc([N+](=O)[O-])cc3)OC2=O)cc1OC. The molecule has 8 heteroatoms. The van der Waals surface area contributed by atoms with E-state index in [1.807, 2.05) is 0 Å². The van der Waals surface area contributed by atoms with Crippen LogP contribution < -0.4 is 9.47 Å². The number of nitro groups is 1. The van der Waals surface area contributed by atoms with Crippen LogP contribution in [0.15, 0.2) is 53.2 Å². The standard InChI is InChI=1S/C18H14N2O6/c1-24-15-8-3-11(10-16(15)25-2)9-14-18(21)26-17(19-14)12-4-6-13(7-5-12)20(22)23/h3-10H,1-2H3/b14-9-. The molecule has 1 aliphatic heterocycles. The van der Waals surface area contributed by atoms with E-state index < -0.39 is 10.9 Å². The van der Waals surface area contributed by atoms with Crippen LogP contribution in [-0.4, -0.2) is 31.0 Å². The van der Waals surface area contributed by atoms with Gasteiger partial charge in [0, 0.05) is 17.7 Å². The summed E-state index contributed by atoms with van der Waals surface area (Å²) in [5.41, 5.74) is 1.22. The fraction of sp³-hybridized carbons (Fsp3) is 0.111. The molecule has 0 aromatic heterocycles. The molecule has 0 spiro atoms. The van der Waals surface area contributed by atoms with Crippen molar-refractivity contribution in [3.8, 4) is 11.5 Å². The molecule has 0 fully saturated rings. The van der Waals surface area contributed by atoms with Gasteiger partial charge in [-0.15, -0.1) is 0 Å². The van der Waals surface area contributed by atoms with E-state index in [1.54, 1.807) is 24.3 Å². The van der Waals surface area contributed by atoms with Gasteiger partial charge in [-0.1, -0.05) is 6.07 Å². The van der Waals surface area contributed by atoms with Crippen LogP contribution in [0.4, 0.5) is 5.69 Å². The minimum absolute atomic E-state index is 0.0558. The lowest BCUT2D eigenvalue weighted by Crippen LogP contribution is -2.05. The quantitative estimate of drug-likeness (QED) is 0.354. The molecule has 1 aliphatic rings. The number of nitrogens with zero attached hydrogens (tertiary/aromatic N) is 2. The van der Waals surface area contributed by atoms with Crippen molar-refractivity contribution in [2.75, 3.05) is 14.2 Å². The molecule has 0 N–H and O–H groups in total. The summed E-state index contributed by atoms with van der Waals surface area (Å²) in [4.78, 5) is 26.4. The zero-order chi connectivity index (χ0) is 18.7. The maximum atomic E-state index is 12.0. The molecule has 8 nitrogen and oxygen atoms in total. The van der Waals surface area contributed by atoms with Gasteiger partial charge < -0.3 is 14.2 Å². The number of non-ortho nitro benzene ring substituents is 1. The molecule has 0 saturated heterocycles. The first-order chi connectivity index (χ1) is 12.5. The summed E-state index contributed by atoms with van der Waals surface area (Å²) >= 11 is 0. The van der Waals surface area contributed by atoms with Crippen LogP contribution in [0.3, 0.4) is 0 Å². The van der Waals surface area contributed by atoms with Crippen LogP contribution in [0.2, 0.25) is 0 Å². The Morgan fingerprint density at radius 2 is 1.77 bits per heavy atom. The molecule has 26 heavy (non-hydrogen) atoms. The first-order valence-corrected chi connectivity index (χ1v) is 7.51. The van der Waals surface area contributed by atoms with Crippen molar-refractivity contribution in [3.05, 3.63) is 69.4 Å². The molecular weight excluding hydrogens is 340 g/mol. The predicted octanol–water partition coefficient (Wildman–Crippen LogP) is 2.96. The minimum Gasteiger partial charge on any atom is -0.493 e. The van der Waals surface area contributed by atoms with Crippen LogP contribution in [0.5, 0.6) is 11.5 Å². The Morgan fingerprint density at radius 1 is 1.08 bits per heavy atom. The van der Waals surface area contributed by atoms with E-state index >= 15 is 0 Å². The second-order valence-electron chi connectivity index (χ2n) is 5.25. The van der Waals surface area contributed by atoms with Gasteiger partial charge >= 0.3 is 5.97 Å². The molecule has 2 aromatic carbocycles. The van der Waals surface area contributed by atoms with Crippen LogP contribution in [0.1, 0.15) is 11.1 Å². The van der Waals surface area contributed by atoms with Crippen molar-refractivity contribution >= 4 is 23.6 Å². The number of carbonyl (C=O) groups is 1. The van der Waals surface area contributed by atoms with Crippen LogP contribution in [0.25, 0.3) is 6.08 Å². The normalized spacial score (nSPS) is 14.8. The number of aliphatic imine (C=N–C) groups is 1. The number of methoxy groups -OCH3 is 2. The summed E-state index contributed by atoms with van der Waals surface area (Å²) in [5.74, 6) is 0.580. The lowest BCUT2D eigenvalue weighted by Gasteiger charge is -2.07. The summed E-state index contributed by atoms with van der Waals surface area (Å²) < 4.78 is 15.5. The molecule has 0 atom stereocenters. The van der Waals surface area contributed by atoms with Gasteiger partial charge in [-0.3, -0.25) is 10.1 Å². The number of carbonyl (C=O) groups excluding carboxylic acids is 1. The molecule has 2 aromatic rings. The first kappa shape index (κ1) is 17.2. The summed E-state index contributed by atoms with van der Waals surface area (Å²) in [6, 6.07) is 10.8. The Kier molecular flexibility index (Phi) is 4.66. The number of hydrogen-bond donors (Lipinski definition) is 0. The Balaban J connectivity index is 1.90. The van der Waals surface area contributed by atoms with E-state index in [0.29, 0.717) is 22.6 Å². The van der Waals surface area contributed by atoms with Crippen molar-refractivity contribution in [1.82, 2.24) is 0 Å². The molecule has 0 bridgehead atoms. The third kappa shape index (κ3) is 3.39. The third-order valence-electron chi connectivity index (χ3n) is 3.66. The van der Waals surface area contributed by atoms with Gasteiger partial charge in [-0.2, -0.15) is 0 Å². The van der Waals surface area contributed by atoms with Gasteiger partial charge in [0.25, 0.3) is 5.69 Å². The van der Waals surface area contributed by atoms with E-state index in [9.17, 15) is 14.9 Å². The number of hydrogen-bond acceptors (Lipinski definition) is 7. The number of rotatable bonds is 5. The molecule has 3 rings (SSSR count). The van der Waals surface area contributed by atoms with E-state index in [1.165, 1.54) is 38.5 Å². The largest absolute Gasteiger partial charge is 0.493 e. The van der Waals surface area contributed by atoms with Gasteiger partial charge in [0.1, 0.15) is 0 Å². The second kappa shape index (κ2) is 7.06. The van der Waals surface area contributed by atoms with Crippen molar-refractivity contribution in [3.63, 3.8) is 0 Å². The van der Waals surface area contributed by atoms with E-state index in [-0.39, 0.29) is 17.3 Å². The predicted molar refractivity (Wildman–Crippen MR) is 93.2 cm³/mol. The van der Waals surface area contributed by atoms with Crippen molar-refractivity contribution < 1.29 is 23.9 Å². The lowest BCUT2D eigenvalue weighted by atomic mass is 10.1. The van der Waals surface area contributed by atoms with E-state index in [0.717, 1.165) is 0 Å². The highest BCUT2D eigenvalue weighted by Crippen LogP contribution is 2.29. The Bertz CT molecular complexity index is 931. The minimum atomic E-state index is -0.604. The highest BCUT2D eigenvalue weighted by Gasteiger charge is 2.24. The maximum absolute atomic E-state index is 12.0. The van der Waals surface area contributed by atoms with Gasteiger partial charge in [0.2, 0.25) is 5.90 Å². The average molecular weight is 354 g/mol. The van der Waals surface area contributed by atoms with Gasteiger partial charge in [0.15, 0.2) is 17.2 Å². The fourth-order valence-electron chi connectivity index (χ4n) is 2.36. The summed E-state index contributed by atoms with van der Waals surface area (Å²) in [7, 11) is 3.05. The highest BCUT2D eigenvalue weighted by molar-refractivity contribution is 6.12. The number of ether oxygens (including phenoxy) is 3. The third-order valence-corrected chi connectivity index (χ3v) is 3.66. The average Bonchev–Trinajstić information content (AvgIpc) is 3.02. The first-order valence-electron chi connectivity index (χ1n) is 7.51. The number of esters is 1. The van der Waals surface area contributed by atoms with Crippen LogP contribution >= 0.6 is 0 Å². The monoisotopic (exact) mass is 354 g/mol. The molecular formula is C18H14N2O6. The molecule has 0 radical (unpaired) electrons. The van der Waals surface area contributed by atoms with Crippen molar-refractivity contribution in [2.45, 2.75) is 0 Å². The van der Waals surface area contributed by atoms with Crippen LogP contribution in [-0.2, 0) is 9.53 Å². The lowest BCUT2D eigenvalue weighted by molar-refractivity contribution is -0.384. The molecule has 132 valence electrons. The Hall–Kier alpha value is -3.68. The highest BCUT2D eigenvalue weighted by atomic mass is 16.6. The zero-order valence-corrected chi connectivity index (χ0v) is 14.0. The van der Waals surface area contributed by atoms with Crippen LogP contribution in [0, 0.1) is 10.1 Å². The van der Waals surface area contributed by atoms with Crippen molar-refractivity contribution in [1.29, 1.82) is 0 Å². The topological polar surface area (TPSA) is 100 Å². The second-order valence-corrected chi connectivity index (χ2v) is 5.25. The van der Waals surface area contributed by atoms with E-state index in [4.69, 9.17) is 14.2 Å². The molecule has 1 heterocycles. The van der Waals surface area contributed by atoms with Crippen molar-refractivity contribution in [2.24, 2.45) is 4.99 Å². The number of cyclic esters (lactones) is 1. The van der Waals surface area contributed by atoms with Gasteiger partial charge in [0.05, 0.1) is 19.1 Å². The Labute approximate surface area is 148 Å². The summed E-state index contributed by atoms with van der Waals surface area (Å²) in [6.07, 6.45) is 1.56. The summed E-state index contributed by atoms with van der Waals surface area (Å²) in [5, 5.41) is 10.7. The molecule has 0 aliphatic carbocycles. The zero-order valence-electron chi connectivity index (χ0n) is 14.0. The number of benzene rings is 2. The van der Waals surface area contributed by atoms with E-state index in [2.05, 4.69) is 4.99 Å². The smallest absolute Gasteiger partial charge is 0.363 e. The van der Waals surface area contributed by atoms with Gasteiger partial charge in [-0.25, -0.2) is 9.79 Å². The number of nitro benzene ring substituents is 1. The molecule has 0 amide bonds. The van der Waals surface area contributed by atoms with Gasteiger partial charge in [-0.05, 0) is 35.9 Å². The molecule has 0 unspecified atom stereocenters. The maximum Gasteiger partial charge on any atom is 0.363 e. The fourth-order valence-corrected chi connectivity index (χ4v) is 2.36. The Morgan fingerprint density at radius 3 is 2.38 bits per heavy atom.